The van der Waals surface area contributed by atoms with Gasteiger partial charge in [-0.1, -0.05) is 24.3 Å². The molecule has 1 amide bonds. The number of nitrogens with one attached hydrogen (secondary N) is 1. The molecular formula is C35H39N3O3. The Balaban J connectivity index is 0.000000156. The number of hydrogen-bond acceptors (Lipinski definition) is 4. The molecule has 212 valence electrons. The lowest BCUT2D eigenvalue weighted by Gasteiger charge is -2.21. The largest absolute Gasteiger partial charge is 0.461 e. The van der Waals surface area contributed by atoms with Crippen LogP contribution >= 0.6 is 0 Å². The minimum Gasteiger partial charge on any atom is -0.461 e. The smallest absolute Gasteiger partial charge is 0.358 e. The van der Waals surface area contributed by atoms with Gasteiger partial charge in [0.15, 0.2) is 5.69 Å². The number of aryl methyl sites for hydroxylation is 2. The summed E-state index contributed by atoms with van der Waals surface area (Å²) in [5.74, 6) is -0.180. The van der Waals surface area contributed by atoms with Gasteiger partial charge in [0.25, 0.3) is 0 Å². The third kappa shape index (κ3) is 5.92. The topological polar surface area (TPSA) is 73.2 Å². The second-order valence-corrected chi connectivity index (χ2v) is 11.3. The summed E-state index contributed by atoms with van der Waals surface area (Å²) in [5.41, 5.74) is 11.8. The molecule has 2 aliphatic heterocycles. The summed E-state index contributed by atoms with van der Waals surface area (Å²) in [7, 11) is 0. The maximum absolute atomic E-state index is 12.0. The highest BCUT2D eigenvalue weighted by Crippen LogP contribution is 2.33. The van der Waals surface area contributed by atoms with Crippen molar-refractivity contribution >= 4 is 28.7 Å². The fourth-order valence-corrected chi connectivity index (χ4v) is 6.45. The quantitative estimate of drug-likeness (QED) is 0.340. The van der Waals surface area contributed by atoms with Crippen LogP contribution in [-0.4, -0.2) is 28.0 Å². The number of nitrogens with zero attached hydrogens (tertiary/aromatic N) is 2. The van der Waals surface area contributed by atoms with E-state index in [0.29, 0.717) is 18.7 Å². The van der Waals surface area contributed by atoms with Gasteiger partial charge in [-0.25, -0.2) is 9.78 Å². The van der Waals surface area contributed by atoms with Crippen molar-refractivity contribution in [1.82, 2.24) is 9.55 Å². The van der Waals surface area contributed by atoms with Gasteiger partial charge >= 0.3 is 5.97 Å². The number of esters is 1. The lowest BCUT2D eigenvalue weighted by Crippen LogP contribution is -2.18. The predicted octanol–water partition coefficient (Wildman–Crippen LogP) is 7.63. The molecule has 6 nitrogen and oxygen atoms in total. The van der Waals surface area contributed by atoms with Crippen LogP contribution in [0.3, 0.4) is 0 Å². The normalized spacial score (nSPS) is 17.4. The number of carbonyl (C=O) groups is 2. The van der Waals surface area contributed by atoms with Gasteiger partial charge in [-0.15, -0.1) is 0 Å². The van der Waals surface area contributed by atoms with Crippen LogP contribution in [0, 0.1) is 0 Å². The first-order valence-corrected chi connectivity index (χ1v) is 15.3. The molecule has 3 aromatic rings. The van der Waals surface area contributed by atoms with Crippen molar-refractivity contribution in [3.05, 3.63) is 88.5 Å². The maximum atomic E-state index is 12.0. The molecule has 0 radical (unpaired) electrons. The average Bonchev–Trinajstić information content (AvgIpc) is 3.47. The second-order valence-electron chi connectivity index (χ2n) is 11.3. The summed E-state index contributed by atoms with van der Waals surface area (Å²) in [6.45, 7) is 2.19. The molecule has 0 fully saturated rings. The van der Waals surface area contributed by atoms with E-state index in [9.17, 15) is 9.59 Å². The Morgan fingerprint density at radius 3 is 2.22 bits per heavy atom. The molecule has 6 heteroatoms. The standard InChI is InChI=1S/C20H22N2O2.C15H17NO/c1-2-24-20(23)19-18-11-9-16-12-15(14-6-4-3-5-7-14)8-10-17(16)22(18)13-21-19;17-15-9-7-13-10-12(6-8-14(13)16-15)11-4-2-1-3-5-11/h6,8,10,12-13H,2-5,7,9,11H2,1H3;4,6,8,10H,1-3,5,7,9H2,(H,16,17). The Bertz CT molecular complexity index is 1530. The number of ether oxygens (including phenoxy) is 1. The summed E-state index contributed by atoms with van der Waals surface area (Å²) in [6.07, 6.45) is 19.8. The molecular weight excluding hydrogens is 510 g/mol. The average molecular weight is 550 g/mol. The lowest BCUT2D eigenvalue weighted by molar-refractivity contribution is -0.116. The molecule has 3 heterocycles. The number of imidazole rings is 1. The minimum absolute atomic E-state index is 0.141. The van der Waals surface area contributed by atoms with Gasteiger partial charge in [-0.05, 0) is 135 Å². The molecule has 4 aliphatic rings. The fraction of sp³-hybridized carbons (Fsp3) is 0.400. The molecule has 2 aliphatic carbocycles. The Morgan fingerprint density at radius 2 is 1.54 bits per heavy atom. The Hall–Kier alpha value is -3.93. The zero-order chi connectivity index (χ0) is 28.2. The number of benzene rings is 2. The van der Waals surface area contributed by atoms with Crippen molar-refractivity contribution in [2.45, 2.75) is 84.0 Å². The number of rotatable bonds is 4. The number of hydrogen-bond donors (Lipinski definition) is 1. The Morgan fingerprint density at radius 1 is 0.854 bits per heavy atom. The first kappa shape index (κ1) is 27.3. The molecule has 1 aromatic heterocycles. The molecule has 0 spiro atoms. The van der Waals surface area contributed by atoms with Crippen LogP contribution in [-0.2, 0) is 28.8 Å². The van der Waals surface area contributed by atoms with E-state index in [1.807, 2.05) is 11.5 Å². The molecule has 0 atom stereocenters. The summed E-state index contributed by atoms with van der Waals surface area (Å²) < 4.78 is 7.16. The molecule has 0 saturated heterocycles. The van der Waals surface area contributed by atoms with Gasteiger partial charge < -0.3 is 14.6 Å². The van der Waals surface area contributed by atoms with Gasteiger partial charge in [0, 0.05) is 12.1 Å². The van der Waals surface area contributed by atoms with Gasteiger partial charge in [0.1, 0.15) is 6.33 Å². The summed E-state index contributed by atoms with van der Waals surface area (Å²) >= 11 is 0. The number of aromatic nitrogens is 2. The van der Waals surface area contributed by atoms with E-state index in [2.05, 4.69) is 58.9 Å². The SMILES string of the molecule is CCOC(=O)c1ncn2c1CCc1cc(C3=CCCCC3)ccc1-2.O=C1CCc2cc(C3=CCCCC3)ccc2N1. The number of anilines is 1. The van der Waals surface area contributed by atoms with E-state index < -0.39 is 0 Å². The Labute approximate surface area is 242 Å². The Kier molecular flexibility index (Phi) is 8.17. The van der Waals surface area contributed by atoms with Crippen molar-refractivity contribution < 1.29 is 14.3 Å². The monoisotopic (exact) mass is 549 g/mol. The first-order valence-electron chi connectivity index (χ1n) is 15.3. The predicted molar refractivity (Wildman–Crippen MR) is 163 cm³/mol. The lowest BCUT2D eigenvalue weighted by atomic mass is 9.90. The van der Waals surface area contributed by atoms with Crippen LogP contribution < -0.4 is 5.32 Å². The molecule has 1 N–H and O–H groups in total. The van der Waals surface area contributed by atoms with Gasteiger partial charge in [0.05, 0.1) is 18.0 Å². The van der Waals surface area contributed by atoms with Crippen LogP contribution in [0.25, 0.3) is 16.8 Å². The van der Waals surface area contributed by atoms with E-state index in [4.69, 9.17) is 4.74 Å². The fourth-order valence-electron chi connectivity index (χ4n) is 6.45. The maximum Gasteiger partial charge on any atom is 0.358 e. The molecule has 0 unspecified atom stereocenters. The molecule has 2 aromatic carbocycles. The molecule has 0 saturated carbocycles. The number of carbonyl (C=O) groups excluding carboxylic acids is 2. The van der Waals surface area contributed by atoms with Crippen LogP contribution in [0.2, 0.25) is 0 Å². The third-order valence-corrected chi connectivity index (χ3v) is 8.63. The summed E-state index contributed by atoms with van der Waals surface area (Å²) in [4.78, 5) is 27.6. The second kappa shape index (κ2) is 12.3. The van der Waals surface area contributed by atoms with Crippen LogP contribution in [0.1, 0.15) is 103 Å². The first-order chi connectivity index (χ1) is 20.1. The zero-order valence-electron chi connectivity index (χ0n) is 24.0. The molecule has 41 heavy (non-hydrogen) atoms. The number of fused-ring (bicyclic) bond motifs is 4. The van der Waals surface area contributed by atoms with Gasteiger partial charge in [-0.3, -0.25) is 4.79 Å². The van der Waals surface area contributed by atoms with Crippen molar-refractivity contribution in [3.8, 4) is 5.69 Å². The van der Waals surface area contributed by atoms with E-state index in [1.165, 1.54) is 84.8 Å². The minimum atomic E-state index is -0.321. The van der Waals surface area contributed by atoms with E-state index in [-0.39, 0.29) is 11.9 Å². The van der Waals surface area contributed by atoms with Gasteiger partial charge in [-0.2, -0.15) is 0 Å². The van der Waals surface area contributed by atoms with Gasteiger partial charge in [0.2, 0.25) is 5.91 Å². The van der Waals surface area contributed by atoms with E-state index in [1.54, 1.807) is 6.33 Å². The van der Waals surface area contributed by atoms with Crippen LogP contribution in [0.4, 0.5) is 5.69 Å². The van der Waals surface area contributed by atoms with Crippen molar-refractivity contribution in [1.29, 1.82) is 0 Å². The highest BCUT2D eigenvalue weighted by atomic mass is 16.5. The van der Waals surface area contributed by atoms with Crippen molar-refractivity contribution in [2.75, 3.05) is 11.9 Å². The number of amides is 1. The summed E-state index contributed by atoms with van der Waals surface area (Å²) in [5, 5.41) is 2.93. The molecule has 7 rings (SSSR count). The van der Waals surface area contributed by atoms with Crippen LogP contribution in [0.15, 0.2) is 54.9 Å². The van der Waals surface area contributed by atoms with E-state index in [0.717, 1.165) is 36.3 Å². The third-order valence-electron chi connectivity index (χ3n) is 8.63. The highest BCUT2D eigenvalue weighted by molar-refractivity contribution is 5.94. The van der Waals surface area contributed by atoms with Crippen LogP contribution in [0.5, 0.6) is 0 Å². The zero-order valence-corrected chi connectivity index (χ0v) is 24.0. The summed E-state index contributed by atoms with van der Waals surface area (Å²) in [6, 6.07) is 13.1. The van der Waals surface area contributed by atoms with Crippen molar-refractivity contribution in [3.63, 3.8) is 0 Å². The highest BCUT2D eigenvalue weighted by Gasteiger charge is 2.25. The van der Waals surface area contributed by atoms with Crippen molar-refractivity contribution in [2.24, 2.45) is 0 Å². The molecule has 0 bridgehead atoms. The number of allylic oxidation sites excluding steroid dienone is 4. The van der Waals surface area contributed by atoms with E-state index >= 15 is 0 Å².